The predicted molar refractivity (Wildman–Crippen MR) is 73.9 cm³/mol. The predicted octanol–water partition coefficient (Wildman–Crippen LogP) is 4.43. The summed E-state index contributed by atoms with van der Waals surface area (Å²) < 4.78 is 14.5. The third kappa shape index (κ3) is 2.79. The summed E-state index contributed by atoms with van der Waals surface area (Å²) in [5.74, 6) is -0.538. The SMILES string of the molecule is CC(c1ccccc1)C(O)c1cc(Br)ccc1F. The summed E-state index contributed by atoms with van der Waals surface area (Å²) in [6, 6.07) is 14.2. The van der Waals surface area contributed by atoms with Crippen molar-refractivity contribution in [3.8, 4) is 0 Å². The van der Waals surface area contributed by atoms with Crippen LogP contribution >= 0.6 is 15.9 Å². The van der Waals surface area contributed by atoms with Crippen molar-refractivity contribution >= 4 is 15.9 Å². The first-order valence-electron chi connectivity index (χ1n) is 5.77. The molecule has 94 valence electrons. The van der Waals surface area contributed by atoms with Gasteiger partial charge in [0.15, 0.2) is 0 Å². The van der Waals surface area contributed by atoms with Gasteiger partial charge in [-0.05, 0) is 23.8 Å². The van der Waals surface area contributed by atoms with Gasteiger partial charge < -0.3 is 5.11 Å². The molecule has 2 unspecified atom stereocenters. The average Bonchev–Trinajstić information content (AvgIpc) is 2.41. The minimum atomic E-state index is -0.857. The standard InChI is InChI=1S/C15H14BrFO/c1-10(11-5-3-2-4-6-11)15(18)13-9-12(16)7-8-14(13)17/h2-10,15,18H,1H3. The molecule has 3 heteroatoms. The fourth-order valence-electron chi connectivity index (χ4n) is 1.95. The lowest BCUT2D eigenvalue weighted by molar-refractivity contribution is 0.147. The van der Waals surface area contributed by atoms with Crippen LogP contribution in [0.1, 0.15) is 30.1 Å². The molecule has 0 radical (unpaired) electrons. The smallest absolute Gasteiger partial charge is 0.129 e. The van der Waals surface area contributed by atoms with E-state index in [9.17, 15) is 9.50 Å². The van der Waals surface area contributed by atoms with E-state index in [1.54, 1.807) is 12.1 Å². The molecular formula is C15H14BrFO. The van der Waals surface area contributed by atoms with Crippen molar-refractivity contribution in [1.29, 1.82) is 0 Å². The molecule has 2 atom stereocenters. The van der Waals surface area contributed by atoms with Crippen molar-refractivity contribution in [2.75, 3.05) is 0 Å². The van der Waals surface area contributed by atoms with Crippen molar-refractivity contribution in [1.82, 2.24) is 0 Å². The van der Waals surface area contributed by atoms with E-state index in [-0.39, 0.29) is 11.7 Å². The minimum Gasteiger partial charge on any atom is -0.388 e. The molecule has 0 aliphatic rings. The lowest BCUT2D eigenvalue weighted by Crippen LogP contribution is -2.09. The van der Waals surface area contributed by atoms with Crippen LogP contribution in [0.15, 0.2) is 53.0 Å². The molecule has 1 N–H and O–H groups in total. The topological polar surface area (TPSA) is 20.2 Å². The summed E-state index contributed by atoms with van der Waals surface area (Å²) in [5, 5.41) is 10.3. The average molecular weight is 309 g/mol. The van der Waals surface area contributed by atoms with Crippen LogP contribution in [0.5, 0.6) is 0 Å². The van der Waals surface area contributed by atoms with Crippen molar-refractivity contribution in [3.05, 3.63) is 69.9 Å². The second-order valence-corrected chi connectivity index (χ2v) is 5.23. The highest BCUT2D eigenvalue weighted by atomic mass is 79.9. The second-order valence-electron chi connectivity index (χ2n) is 4.31. The first-order chi connectivity index (χ1) is 8.59. The van der Waals surface area contributed by atoms with E-state index in [1.165, 1.54) is 6.07 Å². The molecular weight excluding hydrogens is 295 g/mol. The summed E-state index contributed by atoms with van der Waals surface area (Å²) in [4.78, 5) is 0. The number of hydrogen-bond donors (Lipinski definition) is 1. The van der Waals surface area contributed by atoms with E-state index in [2.05, 4.69) is 15.9 Å². The molecule has 2 rings (SSSR count). The quantitative estimate of drug-likeness (QED) is 0.889. The Hall–Kier alpha value is -1.19. The molecule has 0 aliphatic carbocycles. The van der Waals surface area contributed by atoms with Gasteiger partial charge in [-0.1, -0.05) is 53.2 Å². The number of rotatable bonds is 3. The van der Waals surface area contributed by atoms with Crippen LogP contribution < -0.4 is 0 Å². The van der Waals surface area contributed by atoms with Gasteiger partial charge in [0.2, 0.25) is 0 Å². The van der Waals surface area contributed by atoms with Crippen LogP contribution in [0.25, 0.3) is 0 Å². The van der Waals surface area contributed by atoms with E-state index < -0.39 is 6.10 Å². The Balaban J connectivity index is 2.31. The lowest BCUT2D eigenvalue weighted by Gasteiger charge is -2.20. The molecule has 0 saturated heterocycles. The molecule has 0 bridgehead atoms. The Kier molecular flexibility index (Phi) is 4.15. The van der Waals surface area contributed by atoms with Crippen LogP contribution in [0.3, 0.4) is 0 Å². The highest BCUT2D eigenvalue weighted by Crippen LogP contribution is 2.32. The van der Waals surface area contributed by atoms with Crippen molar-refractivity contribution < 1.29 is 9.50 Å². The van der Waals surface area contributed by atoms with Gasteiger partial charge in [-0.2, -0.15) is 0 Å². The van der Waals surface area contributed by atoms with Gasteiger partial charge in [-0.25, -0.2) is 4.39 Å². The van der Waals surface area contributed by atoms with Gasteiger partial charge in [0.25, 0.3) is 0 Å². The molecule has 0 amide bonds. The zero-order chi connectivity index (χ0) is 13.1. The zero-order valence-corrected chi connectivity index (χ0v) is 11.6. The fraction of sp³-hybridized carbons (Fsp3) is 0.200. The summed E-state index contributed by atoms with van der Waals surface area (Å²) in [7, 11) is 0. The van der Waals surface area contributed by atoms with Crippen LogP contribution in [0, 0.1) is 5.82 Å². The van der Waals surface area contributed by atoms with Gasteiger partial charge in [-0.15, -0.1) is 0 Å². The van der Waals surface area contributed by atoms with Crippen molar-refractivity contribution in [3.63, 3.8) is 0 Å². The molecule has 0 aliphatic heterocycles. The summed E-state index contributed by atoms with van der Waals surface area (Å²) in [5.41, 5.74) is 1.31. The summed E-state index contributed by atoms with van der Waals surface area (Å²) in [6.07, 6.45) is -0.857. The number of halogens is 2. The molecule has 0 fully saturated rings. The highest BCUT2D eigenvalue weighted by Gasteiger charge is 2.21. The monoisotopic (exact) mass is 308 g/mol. The maximum atomic E-state index is 13.7. The maximum absolute atomic E-state index is 13.7. The van der Waals surface area contributed by atoms with Crippen LogP contribution in [0.4, 0.5) is 4.39 Å². The van der Waals surface area contributed by atoms with E-state index in [1.807, 2.05) is 37.3 Å². The first-order valence-corrected chi connectivity index (χ1v) is 6.57. The Morgan fingerprint density at radius 1 is 1.11 bits per heavy atom. The van der Waals surface area contributed by atoms with Gasteiger partial charge in [0, 0.05) is 16.0 Å². The number of hydrogen-bond acceptors (Lipinski definition) is 1. The minimum absolute atomic E-state index is 0.157. The van der Waals surface area contributed by atoms with Gasteiger partial charge in [-0.3, -0.25) is 0 Å². The zero-order valence-electron chi connectivity index (χ0n) is 9.98. The third-order valence-electron chi connectivity index (χ3n) is 3.08. The van der Waals surface area contributed by atoms with E-state index in [4.69, 9.17) is 0 Å². The van der Waals surface area contributed by atoms with E-state index in [0.29, 0.717) is 5.56 Å². The van der Waals surface area contributed by atoms with Crippen molar-refractivity contribution in [2.24, 2.45) is 0 Å². The summed E-state index contributed by atoms with van der Waals surface area (Å²) >= 11 is 3.29. The van der Waals surface area contributed by atoms with Crippen LogP contribution in [0.2, 0.25) is 0 Å². The number of aliphatic hydroxyl groups excluding tert-OH is 1. The Labute approximate surface area is 114 Å². The molecule has 0 aromatic heterocycles. The maximum Gasteiger partial charge on any atom is 0.129 e. The lowest BCUT2D eigenvalue weighted by atomic mass is 9.91. The van der Waals surface area contributed by atoms with Gasteiger partial charge in [0.1, 0.15) is 5.82 Å². The number of aliphatic hydroxyl groups is 1. The molecule has 2 aromatic rings. The Morgan fingerprint density at radius 2 is 1.78 bits per heavy atom. The van der Waals surface area contributed by atoms with Crippen molar-refractivity contribution in [2.45, 2.75) is 18.9 Å². The van der Waals surface area contributed by atoms with Gasteiger partial charge in [0.05, 0.1) is 6.10 Å². The van der Waals surface area contributed by atoms with Crippen LogP contribution in [-0.4, -0.2) is 5.11 Å². The third-order valence-corrected chi connectivity index (χ3v) is 3.57. The Bertz CT molecular complexity index is 527. The highest BCUT2D eigenvalue weighted by molar-refractivity contribution is 9.10. The molecule has 18 heavy (non-hydrogen) atoms. The largest absolute Gasteiger partial charge is 0.388 e. The van der Waals surface area contributed by atoms with Crippen LogP contribution in [-0.2, 0) is 0 Å². The molecule has 0 spiro atoms. The molecule has 1 nitrogen and oxygen atoms in total. The summed E-state index contributed by atoms with van der Waals surface area (Å²) in [6.45, 7) is 1.89. The molecule has 0 saturated carbocycles. The van der Waals surface area contributed by atoms with E-state index in [0.717, 1.165) is 10.0 Å². The molecule has 0 heterocycles. The van der Waals surface area contributed by atoms with Gasteiger partial charge >= 0.3 is 0 Å². The van der Waals surface area contributed by atoms with E-state index >= 15 is 0 Å². The Morgan fingerprint density at radius 3 is 2.44 bits per heavy atom. The first kappa shape index (κ1) is 13.2. The normalized spacial score (nSPS) is 14.2. The molecule has 2 aromatic carbocycles. The number of benzene rings is 2. The second kappa shape index (κ2) is 5.63. The fourth-order valence-corrected chi connectivity index (χ4v) is 2.33.